The summed E-state index contributed by atoms with van der Waals surface area (Å²) in [6.07, 6.45) is 0. The van der Waals surface area contributed by atoms with Gasteiger partial charge in [0.05, 0.1) is 11.8 Å². The average molecular weight is 362 g/mol. The van der Waals surface area contributed by atoms with Crippen molar-refractivity contribution in [1.82, 2.24) is 10.3 Å². The van der Waals surface area contributed by atoms with E-state index in [1.54, 1.807) is 19.2 Å². The second kappa shape index (κ2) is 7.07. The summed E-state index contributed by atoms with van der Waals surface area (Å²) >= 11 is 7.27. The van der Waals surface area contributed by atoms with Crippen LogP contribution in [0.25, 0.3) is 10.2 Å². The van der Waals surface area contributed by atoms with Crippen molar-refractivity contribution in [2.45, 2.75) is 13.5 Å². The van der Waals surface area contributed by atoms with Crippen molar-refractivity contribution in [1.29, 1.82) is 0 Å². The van der Waals surface area contributed by atoms with Crippen LogP contribution in [0.4, 0.5) is 9.93 Å². The number of aryl methyl sites for hydroxylation is 1. The smallest absolute Gasteiger partial charge is 0.321 e. The fourth-order valence-corrected chi connectivity index (χ4v) is 3.33. The predicted molar refractivity (Wildman–Crippen MR) is 98.2 cm³/mol. The number of rotatable bonds is 4. The van der Waals surface area contributed by atoms with Gasteiger partial charge in [0, 0.05) is 11.6 Å². The van der Waals surface area contributed by atoms with Gasteiger partial charge in [-0.2, -0.15) is 0 Å². The van der Waals surface area contributed by atoms with Crippen LogP contribution >= 0.6 is 22.9 Å². The van der Waals surface area contributed by atoms with Crippen molar-refractivity contribution < 1.29 is 9.53 Å². The van der Waals surface area contributed by atoms with Gasteiger partial charge in [-0.1, -0.05) is 41.1 Å². The van der Waals surface area contributed by atoms with Crippen molar-refractivity contribution in [2.75, 3.05) is 12.4 Å². The van der Waals surface area contributed by atoms with Crippen molar-refractivity contribution in [3.8, 4) is 5.75 Å². The van der Waals surface area contributed by atoms with Gasteiger partial charge in [-0.3, -0.25) is 5.32 Å². The summed E-state index contributed by atoms with van der Waals surface area (Å²) in [5, 5.41) is 6.77. The van der Waals surface area contributed by atoms with Crippen LogP contribution in [0.3, 0.4) is 0 Å². The fraction of sp³-hybridized carbons (Fsp3) is 0.176. The Morgan fingerprint density at radius 1 is 1.25 bits per heavy atom. The predicted octanol–water partition coefficient (Wildman–Crippen LogP) is 4.59. The summed E-state index contributed by atoms with van der Waals surface area (Å²) in [6.45, 7) is 2.42. The topological polar surface area (TPSA) is 63.2 Å². The SMILES string of the molecule is COc1ccc(C)c2sc(NC(=O)NCc3ccc(Cl)cc3)nc12. The number of aromatic nitrogens is 1. The summed E-state index contributed by atoms with van der Waals surface area (Å²) in [5.74, 6) is 0.696. The number of amides is 2. The standard InChI is InChI=1S/C17H16ClN3O2S/c1-10-3-8-13(23-2)14-15(10)24-17(20-14)21-16(22)19-9-11-4-6-12(18)7-5-11/h3-8H,9H2,1-2H3,(H2,19,20,21,22). The molecule has 3 aromatic rings. The average Bonchev–Trinajstić information content (AvgIpc) is 2.99. The number of ether oxygens (including phenoxy) is 1. The molecule has 0 unspecified atom stereocenters. The first kappa shape index (κ1) is 16.5. The molecule has 2 N–H and O–H groups in total. The minimum Gasteiger partial charge on any atom is -0.494 e. The highest BCUT2D eigenvalue weighted by atomic mass is 35.5. The number of benzene rings is 2. The number of halogens is 1. The van der Waals surface area contributed by atoms with Crippen molar-refractivity contribution >= 4 is 44.3 Å². The van der Waals surface area contributed by atoms with E-state index in [1.807, 2.05) is 31.2 Å². The van der Waals surface area contributed by atoms with Crippen LogP contribution < -0.4 is 15.4 Å². The number of carbonyl (C=O) groups excluding carboxylic acids is 1. The molecule has 0 aliphatic rings. The normalized spacial score (nSPS) is 10.6. The molecule has 0 aliphatic carbocycles. The number of hydrogen-bond acceptors (Lipinski definition) is 4. The highest BCUT2D eigenvalue weighted by Gasteiger charge is 2.12. The monoisotopic (exact) mass is 361 g/mol. The molecule has 3 rings (SSSR count). The molecule has 1 heterocycles. The maximum Gasteiger partial charge on any atom is 0.321 e. The number of methoxy groups -OCH3 is 1. The third-order valence-electron chi connectivity index (χ3n) is 3.51. The third kappa shape index (κ3) is 3.60. The Kier molecular flexibility index (Phi) is 4.87. The molecular formula is C17H16ClN3O2S. The zero-order valence-corrected chi connectivity index (χ0v) is 14.8. The van der Waals surface area contributed by atoms with E-state index in [-0.39, 0.29) is 6.03 Å². The van der Waals surface area contributed by atoms with Crippen LogP contribution in [0.2, 0.25) is 5.02 Å². The lowest BCUT2D eigenvalue weighted by Gasteiger charge is -2.05. The van der Waals surface area contributed by atoms with E-state index in [0.29, 0.717) is 22.4 Å². The van der Waals surface area contributed by atoms with Crippen LogP contribution in [-0.2, 0) is 6.54 Å². The van der Waals surface area contributed by atoms with Gasteiger partial charge in [0.15, 0.2) is 5.13 Å². The molecule has 0 bridgehead atoms. The molecule has 0 fully saturated rings. The van der Waals surface area contributed by atoms with Crippen molar-refractivity contribution in [3.63, 3.8) is 0 Å². The Morgan fingerprint density at radius 2 is 2.00 bits per heavy atom. The number of hydrogen-bond donors (Lipinski definition) is 2. The van der Waals surface area contributed by atoms with E-state index in [9.17, 15) is 4.79 Å². The van der Waals surface area contributed by atoms with Crippen LogP contribution in [-0.4, -0.2) is 18.1 Å². The lowest BCUT2D eigenvalue weighted by molar-refractivity contribution is 0.251. The zero-order valence-electron chi connectivity index (χ0n) is 13.2. The van der Waals surface area contributed by atoms with Crippen molar-refractivity contribution in [3.05, 3.63) is 52.5 Å². The Bertz CT molecular complexity index is 877. The first-order valence-electron chi connectivity index (χ1n) is 7.30. The van der Waals surface area contributed by atoms with Gasteiger partial charge in [-0.15, -0.1) is 0 Å². The number of urea groups is 1. The van der Waals surface area contributed by atoms with E-state index >= 15 is 0 Å². The molecule has 2 amide bonds. The molecule has 7 heteroatoms. The Balaban J connectivity index is 1.69. The lowest BCUT2D eigenvalue weighted by atomic mass is 10.2. The van der Waals surface area contributed by atoms with Gasteiger partial charge >= 0.3 is 6.03 Å². The molecular weight excluding hydrogens is 346 g/mol. The maximum atomic E-state index is 12.1. The van der Waals surface area contributed by atoms with E-state index in [0.717, 1.165) is 21.3 Å². The molecule has 5 nitrogen and oxygen atoms in total. The molecule has 24 heavy (non-hydrogen) atoms. The lowest BCUT2D eigenvalue weighted by Crippen LogP contribution is -2.28. The van der Waals surface area contributed by atoms with E-state index in [1.165, 1.54) is 11.3 Å². The number of carbonyl (C=O) groups is 1. The largest absolute Gasteiger partial charge is 0.494 e. The number of nitrogens with one attached hydrogen (secondary N) is 2. The van der Waals surface area contributed by atoms with Crippen LogP contribution in [0.15, 0.2) is 36.4 Å². The fourth-order valence-electron chi connectivity index (χ4n) is 2.25. The minimum absolute atomic E-state index is 0.305. The summed E-state index contributed by atoms with van der Waals surface area (Å²) < 4.78 is 6.32. The van der Waals surface area contributed by atoms with Gasteiger partial charge in [-0.25, -0.2) is 9.78 Å². The Hall–Kier alpha value is -2.31. The number of anilines is 1. The van der Waals surface area contributed by atoms with E-state index in [4.69, 9.17) is 16.3 Å². The highest BCUT2D eigenvalue weighted by molar-refractivity contribution is 7.22. The third-order valence-corrected chi connectivity index (χ3v) is 4.87. The van der Waals surface area contributed by atoms with Gasteiger partial charge in [-0.05, 0) is 36.2 Å². The molecule has 2 aromatic carbocycles. The molecule has 0 radical (unpaired) electrons. The number of nitrogens with zero attached hydrogens (tertiary/aromatic N) is 1. The van der Waals surface area contributed by atoms with Crippen molar-refractivity contribution in [2.24, 2.45) is 0 Å². The van der Waals surface area contributed by atoms with E-state index in [2.05, 4.69) is 15.6 Å². The first-order valence-corrected chi connectivity index (χ1v) is 8.49. The minimum atomic E-state index is -0.305. The second-order valence-electron chi connectivity index (χ2n) is 5.22. The second-order valence-corrected chi connectivity index (χ2v) is 6.65. The molecule has 0 aliphatic heterocycles. The Labute approximate surface area is 148 Å². The van der Waals surface area contributed by atoms with Crippen LogP contribution in [0.1, 0.15) is 11.1 Å². The highest BCUT2D eigenvalue weighted by Crippen LogP contribution is 2.34. The molecule has 0 spiro atoms. The molecule has 0 saturated carbocycles. The van der Waals surface area contributed by atoms with Crippen LogP contribution in [0.5, 0.6) is 5.75 Å². The maximum absolute atomic E-state index is 12.1. The molecule has 0 saturated heterocycles. The van der Waals surface area contributed by atoms with Gasteiger partial charge < -0.3 is 10.1 Å². The molecule has 124 valence electrons. The zero-order chi connectivity index (χ0) is 17.1. The first-order chi connectivity index (χ1) is 11.6. The Morgan fingerprint density at radius 3 is 2.71 bits per heavy atom. The summed E-state index contributed by atoms with van der Waals surface area (Å²) in [5.41, 5.74) is 2.82. The van der Waals surface area contributed by atoms with Gasteiger partial charge in [0.1, 0.15) is 11.3 Å². The summed E-state index contributed by atoms with van der Waals surface area (Å²) in [6, 6.07) is 10.9. The molecule has 0 atom stereocenters. The van der Waals surface area contributed by atoms with Gasteiger partial charge in [0.2, 0.25) is 0 Å². The van der Waals surface area contributed by atoms with Gasteiger partial charge in [0.25, 0.3) is 0 Å². The van der Waals surface area contributed by atoms with Crippen LogP contribution in [0, 0.1) is 6.92 Å². The molecule has 1 aromatic heterocycles. The summed E-state index contributed by atoms with van der Waals surface area (Å²) in [7, 11) is 1.61. The summed E-state index contributed by atoms with van der Waals surface area (Å²) in [4.78, 5) is 16.5. The van der Waals surface area contributed by atoms with E-state index < -0.39 is 0 Å². The number of fused-ring (bicyclic) bond motifs is 1. The quantitative estimate of drug-likeness (QED) is 0.714. The number of thiazole rings is 1.